The lowest BCUT2D eigenvalue weighted by Crippen LogP contribution is -2.39. The van der Waals surface area contributed by atoms with Gasteiger partial charge in [-0.25, -0.2) is 0 Å². The topological polar surface area (TPSA) is 23.5 Å². The highest BCUT2D eigenvalue weighted by Gasteiger charge is 2.27. The second-order valence-corrected chi connectivity index (χ2v) is 7.92. The summed E-state index contributed by atoms with van der Waals surface area (Å²) in [7, 11) is 0. The van der Waals surface area contributed by atoms with Crippen molar-refractivity contribution in [2.75, 3.05) is 6.54 Å². The Morgan fingerprint density at radius 3 is 2.12 bits per heavy atom. The van der Waals surface area contributed by atoms with Crippen molar-refractivity contribution >= 4 is 0 Å². The molecule has 1 heterocycles. The first-order valence-corrected chi connectivity index (χ1v) is 10.8. The average Bonchev–Trinajstić information content (AvgIpc) is 2.65. The van der Waals surface area contributed by atoms with Crippen LogP contribution in [-0.4, -0.2) is 22.9 Å². The third kappa shape index (κ3) is 7.92. The lowest BCUT2D eigenvalue weighted by Gasteiger charge is -2.35. The molecule has 2 heteroatoms. The van der Waals surface area contributed by atoms with Gasteiger partial charge in [-0.15, -0.1) is 0 Å². The molecule has 0 aromatic heterocycles. The summed E-state index contributed by atoms with van der Waals surface area (Å²) >= 11 is 0. The molecule has 2 atom stereocenters. The zero-order valence-corrected chi connectivity index (χ0v) is 16.3. The SMILES string of the molecule is CCCCCCCCCCCC[C@@H]1C[C@@H](c2ccccc2)CCN1O. The molecule has 1 aliphatic rings. The number of hydrogen-bond acceptors (Lipinski definition) is 2. The van der Waals surface area contributed by atoms with Crippen LogP contribution in [0.15, 0.2) is 30.3 Å². The van der Waals surface area contributed by atoms with Crippen molar-refractivity contribution in [1.29, 1.82) is 0 Å². The van der Waals surface area contributed by atoms with Crippen LogP contribution in [0.4, 0.5) is 0 Å². The predicted molar refractivity (Wildman–Crippen MR) is 107 cm³/mol. The molecule has 1 aliphatic heterocycles. The summed E-state index contributed by atoms with van der Waals surface area (Å²) in [5.41, 5.74) is 1.45. The Bertz CT molecular complexity index is 433. The molecule has 0 spiro atoms. The Labute approximate surface area is 155 Å². The van der Waals surface area contributed by atoms with Crippen LogP contribution in [0.1, 0.15) is 102 Å². The van der Waals surface area contributed by atoms with Crippen molar-refractivity contribution in [2.45, 2.75) is 102 Å². The van der Waals surface area contributed by atoms with E-state index in [9.17, 15) is 5.21 Å². The molecule has 0 unspecified atom stereocenters. The molecule has 1 N–H and O–H groups in total. The highest BCUT2D eigenvalue weighted by Crippen LogP contribution is 2.32. The maximum Gasteiger partial charge on any atom is 0.0356 e. The summed E-state index contributed by atoms with van der Waals surface area (Å²) in [6, 6.07) is 11.2. The van der Waals surface area contributed by atoms with E-state index in [1.165, 1.54) is 69.8 Å². The van der Waals surface area contributed by atoms with Crippen LogP contribution in [0.25, 0.3) is 0 Å². The van der Waals surface area contributed by atoms with Crippen molar-refractivity contribution < 1.29 is 5.21 Å². The largest absolute Gasteiger partial charge is 0.314 e. The summed E-state index contributed by atoms with van der Waals surface area (Å²) in [6.07, 6.45) is 17.1. The van der Waals surface area contributed by atoms with Crippen LogP contribution < -0.4 is 0 Å². The molecule has 0 saturated carbocycles. The van der Waals surface area contributed by atoms with Gasteiger partial charge < -0.3 is 5.21 Å². The smallest absolute Gasteiger partial charge is 0.0356 e. The van der Waals surface area contributed by atoms with E-state index in [2.05, 4.69) is 37.3 Å². The van der Waals surface area contributed by atoms with Gasteiger partial charge in [-0.3, -0.25) is 0 Å². The van der Waals surface area contributed by atoms with Crippen molar-refractivity contribution in [2.24, 2.45) is 0 Å². The average molecular weight is 346 g/mol. The molecule has 1 aromatic rings. The Hall–Kier alpha value is -0.860. The van der Waals surface area contributed by atoms with E-state index in [1.54, 1.807) is 5.06 Å². The molecule has 1 fully saturated rings. The van der Waals surface area contributed by atoms with Gasteiger partial charge in [0, 0.05) is 12.6 Å². The van der Waals surface area contributed by atoms with Gasteiger partial charge in [0.2, 0.25) is 0 Å². The van der Waals surface area contributed by atoms with Gasteiger partial charge in [0.15, 0.2) is 0 Å². The normalized spacial score (nSPS) is 21.5. The number of hydroxylamine groups is 2. The highest BCUT2D eigenvalue weighted by molar-refractivity contribution is 5.20. The van der Waals surface area contributed by atoms with E-state index in [-0.39, 0.29) is 0 Å². The van der Waals surface area contributed by atoms with Crippen LogP contribution in [-0.2, 0) is 0 Å². The molecule has 0 radical (unpaired) electrons. The number of nitrogens with zero attached hydrogens (tertiary/aromatic N) is 1. The molecule has 2 rings (SSSR count). The van der Waals surface area contributed by atoms with E-state index in [4.69, 9.17) is 0 Å². The Morgan fingerprint density at radius 2 is 1.48 bits per heavy atom. The standard InChI is InChI=1S/C23H39NO/c1-2-3-4-5-6-7-8-9-10-14-17-23-20-22(18-19-24(23)25)21-15-12-11-13-16-21/h11-13,15-16,22-23,25H,2-10,14,17-20H2,1H3/t22-,23+/m0/s1. The monoisotopic (exact) mass is 345 g/mol. The van der Waals surface area contributed by atoms with Crippen LogP contribution >= 0.6 is 0 Å². The summed E-state index contributed by atoms with van der Waals surface area (Å²) in [5, 5.41) is 11.8. The lowest BCUT2D eigenvalue weighted by atomic mass is 9.84. The molecule has 1 aromatic carbocycles. The first-order chi connectivity index (χ1) is 12.3. The van der Waals surface area contributed by atoms with E-state index >= 15 is 0 Å². The molecule has 142 valence electrons. The maximum atomic E-state index is 10.2. The first kappa shape index (κ1) is 20.5. The first-order valence-electron chi connectivity index (χ1n) is 10.8. The van der Waals surface area contributed by atoms with Crippen molar-refractivity contribution in [1.82, 2.24) is 5.06 Å². The van der Waals surface area contributed by atoms with E-state index in [1.807, 2.05) is 0 Å². The maximum absolute atomic E-state index is 10.2. The van der Waals surface area contributed by atoms with Gasteiger partial charge >= 0.3 is 0 Å². The van der Waals surface area contributed by atoms with Crippen LogP contribution in [0, 0.1) is 0 Å². The molecule has 1 saturated heterocycles. The van der Waals surface area contributed by atoms with Crippen molar-refractivity contribution in [3.8, 4) is 0 Å². The molecule has 0 bridgehead atoms. The van der Waals surface area contributed by atoms with E-state index in [0.717, 1.165) is 25.8 Å². The van der Waals surface area contributed by atoms with Crippen molar-refractivity contribution in [3.05, 3.63) is 35.9 Å². The zero-order valence-electron chi connectivity index (χ0n) is 16.3. The highest BCUT2D eigenvalue weighted by atomic mass is 16.5. The summed E-state index contributed by atoms with van der Waals surface area (Å²) in [6.45, 7) is 3.10. The fraction of sp³-hybridized carbons (Fsp3) is 0.739. The molecular weight excluding hydrogens is 306 g/mol. The fourth-order valence-electron chi connectivity index (χ4n) is 4.20. The third-order valence-electron chi connectivity index (χ3n) is 5.85. The number of unbranched alkanes of at least 4 members (excludes halogenated alkanes) is 9. The molecule has 0 amide bonds. The third-order valence-corrected chi connectivity index (χ3v) is 5.85. The van der Waals surface area contributed by atoms with Gasteiger partial charge in [-0.2, -0.15) is 5.06 Å². The summed E-state index contributed by atoms with van der Waals surface area (Å²) in [4.78, 5) is 0. The minimum Gasteiger partial charge on any atom is -0.314 e. The fourth-order valence-corrected chi connectivity index (χ4v) is 4.20. The Morgan fingerprint density at radius 1 is 0.880 bits per heavy atom. The predicted octanol–water partition coefficient (Wildman–Crippen LogP) is 6.93. The number of piperidine rings is 1. The second kappa shape index (κ2) is 12.5. The Kier molecular flexibility index (Phi) is 10.2. The van der Waals surface area contributed by atoms with Gasteiger partial charge in [0.05, 0.1) is 0 Å². The number of hydrogen-bond donors (Lipinski definition) is 1. The van der Waals surface area contributed by atoms with Gasteiger partial charge in [0.1, 0.15) is 0 Å². The van der Waals surface area contributed by atoms with Crippen LogP contribution in [0.5, 0.6) is 0 Å². The molecule has 25 heavy (non-hydrogen) atoms. The minimum atomic E-state index is 0.355. The molecule has 0 aliphatic carbocycles. The minimum absolute atomic E-state index is 0.355. The summed E-state index contributed by atoms with van der Waals surface area (Å²) < 4.78 is 0. The number of rotatable bonds is 12. The lowest BCUT2D eigenvalue weighted by molar-refractivity contribution is -0.147. The summed E-state index contributed by atoms with van der Waals surface area (Å²) in [5.74, 6) is 0.623. The van der Waals surface area contributed by atoms with Crippen molar-refractivity contribution in [3.63, 3.8) is 0 Å². The van der Waals surface area contributed by atoms with Crippen LogP contribution in [0.3, 0.4) is 0 Å². The zero-order chi connectivity index (χ0) is 17.7. The Balaban J connectivity index is 1.55. The van der Waals surface area contributed by atoms with Gasteiger partial charge in [-0.1, -0.05) is 101 Å². The quantitative estimate of drug-likeness (QED) is 0.415. The van der Waals surface area contributed by atoms with E-state index < -0.39 is 0 Å². The molecule has 2 nitrogen and oxygen atoms in total. The van der Waals surface area contributed by atoms with Crippen LogP contribution in [0.2, 0.25) is 0 Å². The van der Waals surface area contributed by atoms with E-state index in [0.29, 0.717) is 12.0 Å². The van der Waals surface area contributed by atoms with Gasteiger partial charge in [-0.05, 0) is 30.7 Å². The van der Waals surface area contributed by atoms with Gasteiger partial charge in [0.25, 0.3) is 0 Å². The molecular formula is C23H39NO. The second-order valence-electron chi connectivity index (χ2n) is 7.92. The number of benzene rings is 1.